The molecule has 1 aliphatic carbocycles. The number of halogens is 1. The molecule has 4 unspecified atom stereocenters. The maximum Gasteiger partial charge on any atom is 0.407 e. The number of methoxy groups -OCH3 is 1. The van der Waals surface area contributed by atoms with Crippen LogP contribution in [0.15, 0.2) is 11.6 Å². The van der Waals surface area contributed by atoms with E-state index in [1.54, 1.807) is 7.11 Å². The predicted molar refractivity (Wildman–Crippen MR) is 157 cm³/mol. The summed E-state index contributed by atoms with van der Waals surface area (Å²) in [6.07, 6.45) is 13.0. The van der Waals surface area contributed by atoms with Gasteiger partial charge in [0.25, 0.3) is 0 Å². The number of alkyl halides is 1. The first-order chi connectivity index (χ1) is 18.3. The summed E-state index contributed by atoms with van der Waals surface area (Å²) in [5.74, 6) is 0.161. The number of hydrogen-bond acceptors (Lipinski definition) is 6. The van der Waals surface area contributed by atoms with Gasteiger partial charge >= 0.3 is 6.09 Å². The third kappa shape index (κ3) is 9.06. The largest absolute Gasteiger partial charge is 0.443 e. The van der Waals surface area contributed by atoms with E-state index in [-0.39, 0.29) is 47.4 Å². The molecule has 0 radical (unpaired) electrons. The molecular formula is C29H49IN2O6. The van der Waals surface area contributed by atoms with Gasteiger partial charge in [-0.15, -0.1) is 0 Å². The van der Waals surface area contributed by atoms with Crippen LogP contribution < -0.4 is 10.6 Å². The van der Waals surface area contributed by atoms with Crippen molar-refractivity contribution in [1.82, 2.24) is 10.6 Å². The molecule has 6 atom stereocenters. The standard InChI is InChI=1S/C29H49IN2O6/c1-21(2)13-14-23-28(3,38-23)26-25(35-4)22(15-16-29(26)20-36-29)37-27(34)32-18-12-10-8-6-5-7-9-11-17-31-24(33)19-30/h13,22-23,25-26H,5-12,14-20H2,1-4H3,(H,31,33)(H,32,34)/t22?,23-,25?,26?,28?,29+/m1/s1. The lowest BCUT2D eigenvalue weighted by atomic mass is 9.68. The fourth-order valence-electron chi connectivity index (χ4n) is 6.03. The van der Waals surface area contributed by atoms with E-state index in [2.05, 4.69) is 60.1 Å². The Hall–Kier alpha value is -0.910. The number of unbranched alkanes of at least 4 members (excludes halogenated alkanes) is 7. The number of carbonyl (C=O) groups excluding carboxylic acids is 2. The van der Waals surface area contributed by atoms with Crippen LogP contribution in [0.5, 0.6) is 0 Å². The molecule has 2 N–H and O–H groups in total. The highest BCUT2D eigenvalue weighted by molar-refractivity contribution is 14.1. The Labute approximate surface area is 242 Å². The van der Waals surface area contributed by atoms with E-state index in [4.69, 9.17) is 18.9 Å². The minimum absolute atomic E-state index is 0.0388. The van der Waals surface area contributed by atoms with Crippen LogP contribution in [-0.2, 0) is 23.7 Å². The lowest BCUT2D eigenvalue weighted by molar-refractivity contribution is -0.118. The van der Waals surface area contributed by atoms with Gasteiger partial charge in [-0.3, -0.25) is 4.79 Å². The molecule has 3 rings (SSSR count). The molecule has 1 spiro atoms. The third-order valence-electron chi connectivity index (χ3n) is 8.31. The number of amides is 2. The van der Waals surface area contributed by atoms with Crippen LogP contribution in [0.2, 0.25) is 0 Å². The molecule has 0 aromatic rings. The van der Waals surface area contributed by atoms with Crippen LogP contribution >= 0.6 is 22.6 Å². The molecule has 3 fully saturated rings. The van der Waals surface area contributed by atoms with Crippen LogP contribution in [0, 0.1) is 5.92 Å². The summed E-state index contributed by atoms with van der Waals surface area (Å²) < 4.78 is 24.6. The van der Waals surface area contributed by atoms with Crippen molar-refractivity contribution in [3.8, 4) is 0 Å². The predicted octanol–water partition coefficient (Wildman–Crippen LogP) is 5.46. The summed E-state index contributed by atoms with van der Waals surface area (Å²) in [6, 6.07) is 0. The Morgan fingerprint density at radius 3 is 2.18 bits per heavy atom. The maximum atomic E-state index is 12.6. The average molecular weight is 649 g/mol. The summed E-state index contributed by atoms with van der Waals surface area (Å²) in [7, 11) is 1.70. The van der Waals surface area contributed by atoms with Crippen LogP contribution in [0.25, 0.3) is 0 Å². The van der Waals surface area contributed by atoms with Crippen molar-refractivity contribution in [2.45, 2.75) is 121 Å². The van der Waals surface area contributed by atoms with Crippen molar-refractivity contribution in [3.63, 3.8) is 0 Å². The molecule has 2 amide bonds. The van der Waals surface area contributed by atoms with Gasteiger partial charge in [0.15, 0.2) is 0 Å². The van der Waals surface area contributed by atoms with Crippen molar-refractivity contribution in [3.05, 3.63) is 11.6 Å². The van der Waals surface area contributed by atoms with Crippen molar-refractivity contribution in [1.29, 1.82) is 0 Å². The van der Waals surface area contributed by atoms with Crippen LogP contribution in [0.1, 0.15) is 91.4 Å². The van der Waals surface area contributed by atoms with E-state index in [0.717, 1.165) is 58.1 Å². The fraction of sp³-hybridized carbons (Fsp3) is 0.862. The number of allylic oxidation sites excluding steroid dienone is 1. The highest BCUT2D eigenvalue weighted by Crippen LogP contribution is 2.59. The highest BCUT2D eigenvalue weighted by Gasteiger charge is 2.72. The molecule has 3 aliphatic rings. The van der Waals surface area contributed by atoms with Crippen molar-refractivity contribution in [2.75, 3.05) is 31.2 Å². The van der Waals surface area contributed by atoms with Crippen LogP contribution in [0.3, 0.4) is 0 Å². The second-order valence-corrected chi connectivity index (χ2v) is 12.3. The first-order valence-corrected chi connectivity index (χ1v) is 16.0. The second kappa shape index (κ2) is 15.2. The van der Waals surface area contributed by atoms with E-state index in [0.29, 0.717) is 11.0 Å². The van der Waals surface area contributed by atoms with E-state index < -0.39 is 0 Å². The molecule has 38 heavy (non-hydrogen) atoms. The highest BCUT2D eigenvalue weighted by atomic mass is 127. The third-order valence-corrected chi connectivity index (χ3v) is 9.00. The van der Waals surface area contributed by atoms with Gasteiger partial charge in [-0.1, -0.05) is 72.8 Å². The van der Waals surface area contributed by atoms with Gasteiger partial charge in [-0.05, 0) is 52.9 Å². The molecule has 2 heterocycles. The Bertz CT molecular complexity index is 800. The van der Waals surface area contributed by atoms with Gasteiger partial charge in [0.05, 0.1) is 23.1 Å². The smallest absolute Gasteiger partial charge is 0.407 e. The molecule has 0 aromatic carbocycles. The second-order valence-electron chi connectivity index (χ2n) is 11.6. The number of epoxide rings is 2. The summed E-state index contributed by atoms with van der Waals surface area (Å²) in [5, 5.41) is 5.85. The van der Waals surface area contributed by atoms with E-state index in [9.17, 15) is 9.59 Å². The molecule has 218 valence electrons. The van der Waals surface area contributed by atoms with Gasteiger partial charge < -0.3 is 29.6 Å². The number of nitrogens with one attached hydrogen (secondary N) is 2. The first kappa shape index (κ1) is 31.6. The van der Waals surface area contributed by atoms with Crippen molar-refractivity contribution < 1.29 is 28.5 Å². The SMILES string of the molecule is COC1C(OC(=O)NCCCCCCCCCCNC(=O)CI)CC[C@]2(CO2)C1C1(C)O[C@@H]1CC=C(C)C. The van der Waals surface area contributed by atoms with E-state index in [1.165, 1.54) is 31.3 Å². The van der Waals surface area contributed by atoms with Crippen molar-refractivity contribution in [2.24, 2.45) is 5.92 Å². The topological polar surface area (TPSA) is 102 Å². The Kier molecular flexibility index (Phi) is 12.6. The zero-order chi connectivity index (χ0) is 27.6. The monoisotopic (exact) mass is 648 g/mol. The van der Waals surface area contributed by atoms with E-state index >= 15 is 0 Å². The lowest BCUT2D eigenvalue weighted by Crippen LogP contribution is -2.56. The zero-order valence-corrected chi connectivity index (χ0v) is 26.0. The minimum Gasteiger partial charge on any atom is -0.443 e. The quantitative estimate of drug-likeness (QED) is 0.0715. The van der Waals surface area contributed by atoms with Gasteiger partial charge in [0.2, 0.25) is 5.91 Å². The lowest BCUT2D eigenvalue weighted by Gasteiger charge is -2.42. The Morgan fingerprint density at radius 2 is 1.63 bits per heavy atom. The molecule has 0 aromatic heterocycles. The van der Waals surface area contributed by atoms with Gasteiger partial charge in [0, 0.05) is 20.2 Å². The molecule has 1 saturated carbocycles. The molecule has 8 nitrogen and oxygen atoms in total. The van der Waals surface area contributed by atoms with Gasteiger partial charge in [-0.2, -0.15) is 0 Å². The summed E-state index contributed by atoms with van der Waals surface area (Å²) in [4.78, 5) is 23.8. The molecule has 2 aliphatic heterocycles. The maximum absolute atomic E-state index is 12.6. The first-order valence-electron chi connectivity index (χ1n) is 14.5. The molecule has 2 saturated heterocycles. The normalized spacial score (nSPS) is 31.5. The fourth-order valence-corrected chi connectivity index (χ4v) is 6.30. The average Bonchev–Trinajstić information content (AvgIpc) is 3.81. The van der Waals surface area contributed by atoms with E-state index in [1.807, 2.05) is 0 Å². The van der Waals surface area contributed by atoms with Crippen molar-refractivity contribution >= 4 is 34.6 Å². The number of rotatable bonds is 17. The summed E-state index contributed by atoms with van der Waals surface area (Å²) in [5.41, 5.74) is 0.748. The molecular weight excluding hydrogens is 599 g/mol. The number of hydrogen-bond donors (Lipinski definition) is 2. The number of alkyl carbamates (subject to hydrolysis) is 1. The van der Waals surface area contributed by atoms with Crippen LogP contribution in [-0.4, -0.2) is 72.7 Å². The minimum atomic E-state index is -0.360. The summed E-state index contributed by atoms with van der Waals surface area (Å²) >= 11 is 2.08. The van der Waals surface area contributed by atoms with Gasteiger partial charge in [0.1, 0.15) is 23.4 Å². The molecule has 0 bridgehead atoms. The van der Waals surface area contributed by atoms with Gasteiger partial charge in [-0.25, -0.2) is 4.79 Å². The summed E-state index contributed by atoms with van der Waals surface area (Å²) in [6.45, 7) is 8.50. The Morgan fingerprint density at radius 1 is 1.03 bits per heavy atom. The zero-order valence-electron chi connectivity index (χ0n) is 23.8. The number of ether oxygens (including phenoxy) is 4. The Balaban J connectivity index is 1.30. The van der Waals surface area contributed by atoms with Crippen LogP contribution in [0.4, 0.5) is 4.79 Å². The number of carbonyl (C=O) groups is 2. The molecule has 9 heteroatoms.